The molecule has 3 heterocycles. The number of urea groups is 1. The van der Waals surface area contributed by atoms with Crippen LogP contribution in [0.15, 0.2) is 42.6 Å². The van der Waals surface area contributed by atoms with E-state index < -0.39 is 0 Å². The maximum atomic E-state index is 12.2. The predicted octanol–water partition coefficient (Wildman–Crippen LogP) is 2.64. The lowest BCUT2D eigenvalue weighted by atomic mass is 10.1. The number of benzene rings is 1. The van der Waals surface area contributed by atoms with E-state index in [0.29, 0.717) is 13.1 Å². The molecule has 1 saturated heterocycles. The van der Waals surface area contributed by atoms with Crippen LogP contribution in [-0.4, -0.2) is 64.9 Å². The first-order valence-corrected chi connectivity index (χ1v) is 9.85. The number of piperazine rings is 1. The molecule has 2 aromatic heterocycles. The van der Waals surface area contributed by atoms with Crippen LogP contribution < -0.4 is 15.0 Å². The standard InChI is InChI=1S/C21H26N6O2/c1-15(2)23-21(28)26-12-10-25(11-13-26)20-9-8-19-22-14-17(27(19)24-20)16-6-4-5-7-18(16)29-3/h4-9,14-15H,10-13H2,1-3H3,(H,23,28). The fraction of sp³-hybridized carbons (Fsp3) is 0.381. The highest BCUT2D eigenvalue weighted by atomic mass is 16.5. The van der Waals surface area contributed by atoms with Crippen molar-refractivity contribution in [2.75, 3.05) is 38.2 Å². The van der Waals surface area contributed by atoms with Crippen LogP contribution >= 0.6 is 0 Å². The molecule has 4 rings (SSSR count). The molecule has 0 atom stereocenters. The van der Waals surface area contributed by atoms with Gasteiger partial charge in [0.2, 0.25) is 0 Å². The summed E-state index contributed by atoms with van der Waals surface area (Å²) in [6.45, 7) is 6.75. The number of carbonyl (C=O) groups excluding carboxylic acids is 1. The molecule has 0 aliphatic carbocycles. The molecule has 3 aromatic rings. The van der Waals surface area contributed by atoms with Crippen LogP contribution in [0, 0.1) is 0 Å². The highest BCUT2D eigenvalue weighted by Crippen LogP contribution is 2.30. The largest absolute Gasteiger partial charge is 0.496 e. The second-order valence-electron chi connectivity index (χ2n) is 7.38. The molecular formula is C21H26N6O2. The fourth-order valence-corrected chi connectivity index (χ4v) is 3.55. The maximum absolute atomic E-state index is 12.2. The van der Waals surface area contributed by atoms with Crippen molar-refractivity contribution in [3.8, 4) is 17.0 Å². The van der Waals surface area contributed by atoms with Crippen molar-refractivity contribution in [2.45, 2.75) is 19.9 Å². The van der Waals surface area contributed by atoms with E-state index in [4.69, 9.17) is 9.84 Å². The Hall–Kier alpha value is -3.29. The summed E-state index contributed by atoms with van der Waals surface area (Å²) < 4.78 is 7.36. The molecule has 1 aliphatic heterocycles. The van der Waals surface area contributed by atoms with Crippen LogP contribution in [0.4, 0.5) is 10.6 Å². The summed E-state index contributed by atoms with van der Waals surface area (Å²) in [6, 6.07) is 11.9. The van der Waals surface area contributed by atoms with Crippen molar-refractivity contribution in [1.82, 2.24) is 24.8 Å². The number of nitrogens with zero attached hydrogens (tertiary/aromatic N) is 5. The van der Waals surface area contributed by atoms with E-state index in [1.165, 1.54) is 0 Å². The molecule has 1 aliphatic rings. The monoisotopic (exact) mass is 394 g/mol. The minimum atomic E-state index is -0.00358. The molecule has 29 heavy (non-hydrogen) atoms. The SMILES string of the molecule is COc1ccccc1-c1cnc2ccc(N3CCN(C(=O)NC(C)C)CC3)nn12. The number of imidazole rings is 1. The molecule has 2 amide bonds. The molecule has 0 spiro atoms. The third kappa shape index (κ3) is 3.83. The van der Waals surface area contributed by atoms with Crippen molar-refractivity contribution in [3.63, 3.8) is 0 Å². The van der Waals surface area contributed by atoms with Gasteiger partial charge in [-0.3, -0.25) is 0 Å². The van der Waals surface area contributed by atoms with Crippen LogP contribution in [0.3, 0.4) is 0 Å². The lowest BCUT2D eigenvalue weighted by Gasteiger charge is -2.35. The molecule has 0 saturated carbocycles. The third-order valence-electron chi connectivity index (χ3n) is 5.03. The lowest BCUT2D eigenvalue weighted by molar-refractivity contribution is 0.191. The Labute approximate surface area is 170 Å². The molecular weight excluding hydrogens is 368 g/mol. The van der Waals surface area contributed by atoms with E-state index in [2.05, 4.69) is 15.2 Å². The highest BCUT2D eigenvalue weighted by molar-refractivity contribution is 5.75. The summed E-state index contributed by atoms with van der Waals surface area (Å²) >= 11 is 0. The minimum Gasteiger partial charge on any atom is -0.496 e. The summed E-state index contributed by atoms with van der Waals surface area (Å²) in [5.41, 5.74) is 2.61. The first kappa shape index (κ1) is 19.0. The molecule has 0 unspecified atom stereocenters. The van der Waals surface area contributed by atoms with Crippen molar-refractivity contribution < 1.29 is 9.53 Å². The number of aromatic nitrogens is 3. The normalized spacial score (nSPS) is 14.5. The summed E-state index contributed by atoms with van der Waals surface area (Å²) in [7, 11) is 1.66. The van der Waals surface area contributed by atoms with E-state index >= 15 is 0 Å². The zero-order chi connectivity index (χ0) is 20.4. The van der Waals surface area contributed by atoms with Gasteiger partial charge in [-0.05, 0) is 38.1 Å². The lowest BCUT2D eigenvalue weighted by Crippen LogP contribution is -2.53. The summed E-state index contributed by atoms with van der Waals surface area (Å²) in [5.74, 6) is 1.65. The Balaban J connectivity index is 1.56. The molecule has 152 valence electrons. The van der Waals surface area contributed by atoms with Gasteiger partial charge < -0.3 is 19.9 Å². The summed E-state index contributed by atoms with van der Waals surface area (Å²) in [6.07, 6.45) is 1.82. The molecule has 8 heteroatoms. The number of hydrogen-bond acceptors (Lipinski definition) is 5. The van der Waals surface area contributed by atoms with Gasteiger partial charge in [-0.2, -0.15) is 0 Å². The van der Waals surface area contributed by atoms with Gasteiger partial charge in [0.15, 0.2) is 5.65 Å². The van der Waals surface area contributed by atoms with Gasteiger partial charge >= 0.3 is 6.03 Å². The minimum absolute atomic E-state index is 0.00358. The summed E-state index contributed by atoms with van der Waals surface area (Å²) in [4.78, 5) is 20.7. The first-order valence-electron chi connectivity index (χ1n) is 9.85. The highest BCUT2D eigenvalue weighted by Gasteiger charge is 2.23. The topological polar surface area (TPSA) is 75.0 Å². The van der Waals surface area contributed by atoms with Gasteiger partial charge in [0.05, 0.1) is 19.0 Å². The van der Waals surface area contributed by atoms with Crippen LogP contribution in [0.1, 0.15) is 13.8 Å². The number of rotatable bonds is 4. The average Bonchev–Trinajstić information content (AvgIpc) is 3.16. The van der Waals surface area contributed by atoms with E-state index in [1.54, 1.807) is 7.11 Å². The molecule has 0 bridgehead atoms. The smallest absolute Gasteiger partial charge is 0.317 e. The summed E-state index contributed by atoms with van der Waals surface area (Å²) in [5, 5.41) is 7.79. The number of hydrogen-bond donors (Lipinski definition) is 1. The van der Waals surface area contributed by atoms with Crippen LogP contribution in [0.5, 0.6) is 5.75 Å². The molecule has 0 radical (unpaired) electrons. The Morgan fingerprint density at radius 2 is 1.86 bits per heavy atom. The zero-order valence-corrected chi connectivity index (χ0v) is 17.0. The van der Waals surface area contributed by atoms with Crippen LogP contribution in [0.25, 0.3) is 16.9 Å². The molecule has 1 aromatic carbocycles. The molecule has 8 nitrogen and oxygen atoms in total. The third-order valence-corrected chi connectivity index (χ3v) is 5.03. The van der Waals surface area contributed by atoms with Crippen molar-refractivity contribution in [1.29, 1.82) is 0 Å². The fourth-order valence-electron chi connectivity index (χ4n) is 3.55. The van der Waals surface area contributed by atoms with Crippen LogP contribution in [-0.2, 0) is 0 Å². The predicted molar refractivity (Wildman–Crippen MR) is 112 cm³/mol. The van der Waals surface area contributed by atoms with E-state index in [9.17, 15) is 4.79 Å². The number of ether oxygens (including phenoxy) is 1. The van der Waals surface area contributed by atoms with Gasteiger partial charge in [0, 0.05) is 37.8 Å². The number of methoxy groups -OCH3 is 1. The van der Waals surface area contributed by atoms with E-state index in [1.807, 2.05) is 65.9 Å². The maximum Gasteiger partial charge on any atom is 0.317 e. The second-order valence-corrected chi connectivity index (χ2v) is 7.38. The number of para-hydroxylation sites is 1. The van der Waals surface area contributed by atoms with Gasteiger partial charge in [-0.1, -0.05) is 12.1 Å². The van der Waals surface area contributed by atoms with Gasteiger partial charge in [-0.25, -0.2) is 14.3 Å². The number of nitrogens with one attached hydrogen (secondary N) is 1. The van der Waals surface area contributed by atoms with E-state index in [-0.39, 0.29) is 12.1 Å². The van der Waals surface area contributed by atoms with Crippen molar-refractivity contribution in [3.05, 3.63) is 42.6 Å². The van der Waals surface area contributed by atoms with E-state index in [0.717, 1.165) is 41.6 Å². The van der Waals surface area contributed by atoms with Crippen molar-refractivity contribution >= 4 is 17.5 Å². The van der Waals surface area contributed by atoms with Crippen LogP contribution in [0.2, 0.25) is 0 Å². The number of amides is 2. The Morgan fingerprint density at radius 3 is 2.59 bits per heavy atom. The molecule has 1 N–H and O–H groups in total. The average molecular weight is 394 g/mol. The Morgan fingerprint density at radius 1 is 1.10 bits per heavy atom. The Kier molecular flexibility index (Phi) is 5.24. The molecule has 1 fully saturated rings. The second kappa shape index (κ2) is 7.98. The van der Waals surface area contributed by atoms with Gasteiger partial charge in [0.1, 0.15) is 11.6 Å². The first-order chi connectivity index (χ1) is 14.1. The number of carbonyl (C=O) groups is 1. The zero-order valence-electron chi connectivity index (χ0n) is 17.0. The van der Waals surface area contributed by atoms with Gasteiger partial charge in [-0.15, -0.1) is 5.10 Å². The number of fused-ring (bicyclic) bond motifs is 1. The number of anilines is 1. The van der Waals surface area contributed by atoms with Gasteiger partial charge in [0.25, 0.3) is 0 Å². The quantitative estimate of drug-likeness (QED) is 0.736. The van der Waals surface area contributed by atoms with Crippen molar-refractivity contribution in [2.24, 2.45) is 0 Å². The Bertz CT molecular complexity index is 1010.